The fourth-order valence-electron chi connectivity index (χ4n) is 9.77. The van der Waals surface area contributed by atoms with Crippen LogP contribution >= 0.6 is 0 Å². The van der Waals surface area contributed by atoms with E-state index in [-0.39, 0.29) is 49.7 Å². The molecule has 13 nitrogen and oxygen atoms in total. The first-order valence-corrected chi connectivity index (χ1v) is 22.5. The van der Waals surface area contributed by atoms with Crippen molar-refractivity contribution < 1.29 is 41.9 Å². The van der Waals surface area contributed by atoms with Crippen LogP contribution in [0.15, 0.2) is 18.2 Å². The number of rotatable bonds is 7. The molecule has 308 valence electrons. The van der Waals surface area contributed by atoms with Gasteiger partial charge in [0, 0.05) is 19.5 Å². The van der Waals surface area contributed by atoms with Gasteiger partial charge in [-0.1, -0.05) is 78.0 Å². The highest BCUT2D eigenvalue weighted by molar-refractivity contribution is 7.91. The molecule has 3 heterocycles. The van der Waals surface area contributed by atoms with Gasteiger partial charge in [0.2, 0.25) is 21.8 Å². The molecular weight excluding hydrogens is 737 g/mol. The van der Waals surface area contributed by atoms with Gasteiger partial charge in [0.25, 0.3) is 5.91 Å². The van der Waals surface area contributed by atoms with Crippen molar-refractivity contribution in [2.24, 2.45) is 22.7 Å². The summed E-state index contributed by atoms with van der Waals surface area (Å²) in [7, 11) is -3.87. The molecule has 3 aliphatic carbocycles. The Morgan fingerprint density at radius 2 is 1.66 bits per heavy atom. The zero-order valence-corrected chi connectivity index (χ0v) is 34.3. The van der Waals surface area contributed by atoms with Crippen LogP contribution in [0.2, 0.25) is 0 Å². The lowest BCUT2D eigenvalue weighted by Crippen LogP contribution is -2.57. The average molecular weight is 797 g/mol. The molecule has 1 aromatic carbocycles. The molecule has 1 aromatic rings. The number of aryl methyl sites for hydroxylation is 1. The second-order valence-electron chi connectivity index (χ2n) is 18.6. The summed E-state index contributed by atoms with van der Waals surface area (Å²) in [6, 6.07) is 5.04. The van der Waals surface area contributed by atoms with Gasteiger partial charge < -0.3 is 19.7 Å². The summed E-state index contributed by atoms with van der Waals surface area (Å²) in [6.45, 7) is 9.07. The van der Waals surface area contributed by atoms with Gasteiger partial charge in [-0.3, -0.25) is 28.8 Å². The normalized spacial score (nSPS) is 30.9. The van der Waals surface area contributed by atoms with E-state index in [4.69, 9.17) is 9.47 Å². The highest BCUT2D eigenvalue weighted by Gasteiger charge is 2.62. The number of hydrogen-bond donors (Lipinski definition) is 2. The second-order valence-corrected chi connectivity index (χ2v) is 20.6. The van der Waals surface area contributed by atoms with Crippen LogP contribution in [0, 0.1) is 22.7 Å². The van der Waals surface area contributed by atoms with Crippen LogP contribution in [0.4, 0.5) is 4.79 Å². The van der Waals surface area contributed by atoms with E-state index >= 15 is 4.79 Å². The Morgan fingerprint density at radius 3 is 2.36 bits per heavy atom. The quantitative estimate of drug-likeness (QED) is 0.349. The number of nitrogens with one attached hydrogen (secondary N) is 2. The molecule has 0 aromatic heterocycles. The molecule has 4 fully saturated rings. The predicted molar refractivity (Wildman–Crippen MR) is 207 cm³/mol. The third kappa shape index (κ3) is 8.45. The zero-order chi connectivity index (χ0) is 40.0. The van der Waals surface area contributed by atoms with Crippen LogP contribution < -0.4 is 10.0 Å². The minimum absolute atomic E-state index is 0.00765. The number of fused-ring (bicyclic) bond motifs is 3. The third-order valence-electron chi connectivity index (χ3n) is 13.7. The van der Waals surface area contributed by atoms with E-state index in [1.165, 1.54) is 10.5 Å². The van der Waals surface area contributed by atoms with E-state index in [1.807, 2.05) is 26.0 Å². The van der Waals surface area contributed by atoms with E-state index in [9.17, 15) is 27.6 Å². The number of benzene rings is 1. The largest absolute Gasteiger partial charge is 0.465 e. The Hall–Kier alpha value is -3.68. The number of ether oxygens (including phenoxy) is 2. The van der Waals surface area contributed by atoms with Crippen LogP contribution in [-0.4, -0.2) is 84.1 Å². The molecule has 5 atom stereocenters. The van der Waals surface area contributed by atoms with Crippen LogP contribution in [-0.2, 0) is 58.2 Å². The van der Waals surface area contributed by atoms with Crippen molar-refractivity contribution in [2.75, 3.05) is 13.2 Å². The minimum Gasteiger partial charge on any atom is -0.465 e. The van der Waals surface area contributed by atoms with Gasteiger partial charge in [0.05, 0.1) is 30.7 Å². The van der Waals surface area contributed by atoms with E-state index in [1.54, 1.807) is 4.90 Å². The van der Waals surface area contributed by atoms with E-state index < -0.39 is 68.2 Å². The summed E-state index contributed by atoms with van der Waals surface area (Å²) in [6.07, 6.45) is 8.18. The molecule has 7 rings (SSSR count). The summed E-state index contributed by atoms with van der Waals surface area (Å²) < 4.78 is 39.9. The fourth-order valence-corrected chi connectivity index (χ4v) is 11.1. The molecule has 4 amide bonds. The van der Waals surface area contributed by atoms with Crippen molar-refractivity contribution in [3.63, 3.8) is 0 Å². The Balaban J connectivity index is 1.19. The van der Waals surface area contributed by atoms with Crippen molar-refractivity contribution in [2.45, 2.75) is 160 Å². The number of carbonyl (C=O) groups excluding carboxylic acids is 5. The number of hydrogen-bond acceptors (Lipinski definition) is 9. The van der Waals surface area contributed by atoms with Crippen molar-refractivity contribution in [1.82, 2.24) is 19.8 Å². The molecule has 1 saturated heterocycles. The Labute approximate surface area is 331 Å². The van der Waals surface area contributed by atoms with Crippen LogP contribution in [0.1, 0.15) is 134 Å². The van der Waals surface area contributed by atoms with Crippen molar-refractivity contribution >= 4 is 39.8 Å². The van der Waals surface area contributed by atoms with E-state index in [0.29, 0.717) is 32.4 Å². The van der Waals surface area contributed by atoms with E-state index in [2.05, 4.69) is 30.0 Å². The molecule has 0 radical (unpaired) electrons. The predicted octanol–water partition coefficient (Wildman–Crippen LogP) is 5.27. The summed E-state index contributed by atoms with van der Waals surface area (Å²) >= 11 is 0. The summed E-state index contributed by atoms with van der Waals surface area (Å²) in [5.74, 6) is -3.29. The van der Waals surface area contributed by atoms with Crippen molar-refractivity contribution in [3.05, 3.63) is 34.9 Å². The number of esters is 1. The molecule has 14 heteroatoms. The van der Waals surface area contributed by atoms with Gasteiger partial charge in [-0.2, -0.15) is 0 Å². The number of cyclic esters (lactones) is 1. The molecule has 4 bridgehead atoms. The third-order valence-corrected chi connectivity index (χ3v) is 15.5. The lowest BCUT2D eigenvalue weighted by molar-refractivity contribution is -0.156. The maximum Gasteiger partial charge on any atom is 0.410 e. The molecule has 56 heavy (non-hydrogen) atoms. The summed E-state index contributed by atoms with van der Waals surface area (Å²) in [4.78, 5) is 73.7. The fraction of sp³-hybridized carbons (Fsp3) is 0.738. The lowest BCUT2D eigenvalue weighted by Gasteiger charge is -2.42. The Bertz CT molecular complexity index is 1840. The van der Waals surface area contributed by atoms with Gasteiger partial charge in [-0.05, 0) is 84.8 Å². The topological polar surface area (TPSA) is 168 Å². The number of amides is 4. The molecule has 0 unspecified atom stereocenters. The first-order valence-electron chi connectivity index (χ1n) is 20.9. The summed E-state index contributed by atoms with van der Waals surface area (Å²) in [5, 5.41) is 2.28. The molecule has 3 saturated carbocycles. The van der Waals surface area contributed by atoms with Gasteiger partial charge >= 0.3 is 12.1 Å². The SMILES string of the molecule is CC[C@@H]1C[C@]1(NC(=O)[C@@H]1C[C@@H]2CN1C(=O)[C@H](C1(C)CCCCC1)CC(=O)OCC(C)(C)CCCCc1cccc3c1CN(C3)C(=O)O2)C(=O)NS(=O)(=O)C1CC1. The molecule has 0 spiro atoms. The van der Waals surface area contributed by atoms with Crippen LogP contribution in [0.5, 0.6) is 0 Å². The van der Waals surface area contributed by atoms with Gasteiger partial charge in [0.15, 0.2) is 0 Å². The average Bonchev–Trinajstić information content (AvgIpc) is 4.05. The maximum atomic E-state index is 15.0. The van der Waals surface area contributed by atoms with Gasteiger partial charge in [0.1, 0.15) is 17.7 Å². The molecule has 2 N–H and O–H groups in total. The standard InChI is InChI=1S/C42H60N4O9S/c1-5-29-22-42(29,38(50)44-56(52,53)31-15-16-31)43-36(48)34-20-30-24-46(34)37(49)33(41(4)18-8-6-9-19-41)21-35(47)54-26-40(2,3)17-10-7-12-27-13-11-14-28-23-45(25-32(27)28)39(51)55-30/h11,13-14,29-31,33-34H,5-10,12,15-26H2,1-4H3,(H,43,48)(H,44,50)/t29-,30-,33-,34+,42-/m1/s1. The lowest BCUT2D eigenvalue weighted by atomic mass is 9.65. The van der Waals surface area contributed by atoms with Crippen LogP contribution in [0.3, 0.4) is 0 Å². The minimum atomic E-state index is -3.87. The number of carbonyl (C=O) groups is 5. The van der Waals surface area contributed by atoms with Gasteiger partial charge in [-0.15, -0.1) is 0 Å². The number of nitrogens with zero attached hydrogens (tertiary/aromatic N) is 2. The summed E-state index contributed by atoms with van der Waals surface area (Å²) in [5.41, 5.74) is 1.15. The smallest absolute Gasteiger partial charge is 0.410 e. The Morgan fingerprint density at radius 1 is 0.946 bits per heavy atom. The number of sulfonamides is 1. The highest BCUT2D eigenvalue weighted by atomic mass is 32.2. The monoisotopic (exact) mass is 796 g/mol. The van der Waals surface area contributed by atoms with Gasteiger partial charge in [-0.25, -0.2) is 13.2 Å². The zero-order valence-electron chi connectivity index (χ0n) is 33.5. The first-order chi connectivity index (χ1) is 26.5. The molecule has 3 aliphatic heterocycles. The van der Waals surface area contributed by atoms with E-state index in [0.717, 1.165) is 68.9 Å². The Kier molecular flexibility index (Phi) is 11.3. The highest BCUT2D eigenvalue weighted by Crippen LogP contribution is 2.48. The van der Waals surface area contributed by atoms with Crippen molar-refractivity contribution in [1.29, 1.82) is 0 Å². The van der Waals surface area contributed by atoms with Crippen molar-refractivity contribution in [3.8, 4) is 0 Å². The first kappa shape index (κ1) is 40.5. The maximum absolute atomic E-state index is 15.0. The molecular formula is C42H60N4O9S. The molecule has 6 aliphatic rings. The second kappa shape index (κ2) is 15.6. The van der Waals surface area contributed by atoms with Crippen LogP contribution in [0.25, 0.3) is 0 Å².